The van der Waals surface area contributed by atoms with E-state index in [0.717, 1.165) is 16.7 Å². The minimum absolute atomic E-state index is 0.0752. The third-order valence-electron chi connectivity index (χ3n) is 5.30. The molecule has 2 atom stereocenters. The van der Waals surface area contributed by atoms with Gasteiger partial charge in [-0.05, 0) is 65.7 Å². The molecule has 0 heterocycles. The molecule has 0 spiro atoms. The lowest BCUT2D eigenvalue weighted by molar-refractivity contribution is -0.139. The Morgan fingerprint density at radius 1 is 1.11 bits per heavy atom. The number of aryl methyl sites for hydroxylation is 3. The summed E-state index contributed by atoms with van der Waals surface area (Å²) in [6.45, 7) is 16.3. The van der Waals surface area contributed by atoms with E-state index in [1.165, 1.54) is 4.90 Å². The highest BCUT2D eigenvalue weighted by Crippen LogP contribution is 2.30. The SMILES string of the molecule is C=CCN(C(=O)C(C)NC(=O)OC(C)(C)C)C(C(=O)Nc1c(C)cccc1Cl)c1cc(C)cc(C)c1. The zero-order valence-electron chi connectivity index (χ0n) is 22.1. The first-order valence-electron chi connectivity index (χ1n) is 11.8. The fourth-order valence-electron chi connectivity index (χ4n) is 3.88. The number of alkyl carbamates (subject to hydrolysis) is 1. The molecule has 2 unspecified atom stereocenters. The molecular formula is C28H36ClN3O4. The van der Waals surface area contributed by atoms with Crippen molar-refractivity contribution in [1.29, 1.82) is 0 Å². The van der Waals surface area contributed by atoms with Crippen LogP contribution in [0, 0.1) is 20.8 Å². The number of carbonyl (C=O) groups is 3. The molecule has 194 valence electrons. The number of benzene rings is 2. The van der Waals surface area contributed by atoms with Gasteiger partial charge in [-0.2, -0.15) is 0 Å². The smallest absolute Gasteiger partial charge is 0.408 e. The number of amides is 3. The zero-order chi connectivity index (χ0) is 27.2. The number of hydrogen-bond acceptors (Lipinski definition) is 4. The Labute approximate surface area is 218 Å². The van der Waals surface area contributed by atoms with Crippen molar-refractivity contribution in [2.75, 3.05) is 11.9 Å². The molecule has 0 aromatic heterocycles. The fraction of sp³-hybridized carbons (Fsp3) is 0.393. The van der Waals surface area contributed by atoms with Crippen molar-refractivity contribution in [3.8, 4) is 0 Å². The van der Waals surface area contributed by atoms with E-state index < -0.39 is 35.6 Å². The second-order valence-electron chi connectivity index (χ2n) is 9.89. The minimum atomic E-state index is -1.01. The third kappa shape index (κ3) is 7.85. The first kappa shape index (κ1) is 28.9. The Balaban J connectivity index is 2.50. The van der Waals surface area contributed by atoms with Crippen LogP contribution in [0.1, 0.15) is 56.0 Å². The van der Waals surface area contributed by atoms with Gasteiger partial charge in [0.15, 0.2) is 0 Å². The molecule has 0 bridgehead atoms. The normalized spacial score (nSPS) is 12.8. The number of ether oxygens (including phenoxy) is 1. The van der Waals surface area contributed by atoms with Crippen LogP contribution in [0.2, 0.25) is 5.02 Å². The van der Waals surface area contributed by atoms with E-state index in [4.69, 9.17) is 16.3 Å². The average molecular weight is 514 g/mol. The van der Waals surface area contributed by atoms with Gasteiger partial charge in [-0.25, -0.2) is 4.79 Å². The number of para-hydroxylation sites is 1. The molecule has 0 aliphatic heterocycles. The Hall–Kier alpha value is -3.32. The molecular weight excluding hydrogens is 478 g/mol. The molecule has 0 saturated heterocycles. The van der Waals surface area contributed by atoms with Crippen LogP contribution in [0.4, 0.5) is 10.5 Å². The quantitative estimate of drug-likeness (QED) is 0.432. The van der Waals surface area contributed by atoms with Crippen LogP contribution in [-0.4, -0.2) is 41.0 Å². The Bertz CT molecular complexity index is 1100. The summed E-state index contributed by atoms with van der Waals surface area (Å²) < 4.78 is 5.29. The topological polar surface area (TPSA) is 87.7 Å². The Morgan fingerprint density at radius 3 is 2.25 bits per heavy atom. The lowest BCUT2D eigenvalue weighted by Crippen LogP contribution is -2.51. The summed E-state index contributed by atoms with van der Waals surface area (Å²) in [4.78, 5) is 41.1. The zero-order valence-corrected chi connectivity index (χ0v) is 22.8. The van der Waals surface area contributed by atoms with E-state index in [9.17, 15) is 14.4 Å². The van der Waals surface area contributed by atoms with Crippen molar-refractivity contribution in [2.24, 2.45) is 0 Å². The molecule has 0 aliphatic rings. The summed E-state index contributed by atoms with van der Waals surface area (Å²) in [5, 5.41) is 5.87. The number of nitrogens with zero attached hydrogens (tertiary/aromatic N) is 1. The molecule has 0 aliphatic carbocycles. The van der Waals surface area contributed by atoms with Crippen molar-refractivity contribution in [3.63, 3.8) is 0 Å². The van der Waals surface area contributed by atoms with Gasteiger partial charge in [-0.1, -0.05) is 59.1 Å². The molecule has 3 amide bonds. The molecule has 2 rings (SSSR count). The summed E-state index contributed by atoms with van der Waals surface area (Å²) in [6, 6.07) is 9.09. The lowest BCUT2D eigenvalue weighted by atomic mass is 9.98. The van der Waals surface area contributed by atoms with Gasteiger partial charge in [0, 0.05) is 6.54 Å². The van der Waals surface area contributed by atoms with Gasteiger partial charge in [-0.3, -0.25) is 9.59 Å². The van der Waals surface area contributed by atoms with Crippen LogP contribution < -0.4 is 10.6 Å². The van der Waals surface area contributed by atoms with Gasteiger partial charge in [0.2, 0.25) is 5.91 Å². The first-order chi connectivity index (χ1) is 16.7. The molecule has 2 aromatic rings. The maximum Gasteiger partial charge on any atom is 0.408 e. The van der Waals surface area contributed by atoms with E-state index in [1.807, 2.05) is 45.0 Å². The predicted octanol–water partition coefficient (Wildman–Crippen LogP) is 5.87. The number of halogens is 1. The van der Waals surface area contributed by atoms with Gasteiger partial charge in [0.25, 0.3) is 5.91 Å². The lowest BCUT2D eigenvalue weighted by Gasteiger charge is -2.33. The summed E-state index contributed by atoms with van der Waals surface area (Å²) in [6.07, 6.45) is 0.822. The number of anilines is 1. The largest absolute Gasteiger partial charge is 0.444 e. The highest BCUT2D eigenvalue weighted by atomic mass is 35.5. The second-order valence-corrected chi connectivity index (χ2v) is 10.3. The van der Waals surface area contributed by atoms with E-state index in [1.54, 1.807) is 45.9 Å². The van der Waals surface area contributed by atoms with Crippen molar-refractivity contribution >= 4 is 35.2 Å². The first-order valence-corrected chi connectivity index (χ1v) is 12.2. The van der Waals surface area contributed by atoms with Crippen molar-refractivity contribution in [3.05, 3.63) is 76.3 Å². The van der Waals surface area contributed by atoms with Gasteiger partial charge in [-0.15, -0.1) is 6.58 Å². The Morgan fingerprint density at radius 2 is 1.72 bits per heavy atom. The minimum Gasteiger partial charge on any atom is -0.444 e. The molecule has 0 radical (unpaired) electrons. The van der Waals surface area contributed by atoms with Gasteiger partial charge in [0.1, 0.15) is 17.7 Å². The molecule has 7 nitrogen and oxygen atoms in total. The summed E-state index contributed by atoms with van der Waals surface area (Å²) in [5.41, 5.74) is 3.07. The van der Waals surface area contributed by atoms with Crippen LogP contribution in [0.5, 0.6) is 0 Å². The van der Waals surface area contributed by atoms with Crippen molar-refractivity contribution in [1.82, 2.24) is 10.2 Å². The molecule has 0 fully saturated rings. The van der Waals surface area contributed by atoms with Crippen LogP contribution >= 0.6 is 11.6 Å². The molecule has 0 saturated carbocycles. The van der Waals surface area contributed by atoms with Crippen LogP contribution in [0.25, 0.3) is 0 Å². The summed E-state index contributed by atoms with van der Waals surface area (Å²) in [7, 11) is 0. The fourth-order valence-corrected chi connectivity index (χ4v) is 4.15. The van der Waals surface area contributed by atoms with E-state index in [-0.39, 0.29) is 6.54 Å². The highest BCUT2D eigenvalue weighted by Gasteiger charge is 2.34. The highest BCUT2D eigenvalue weighted by molar-refractivity contribution is 6.34. The number of carbonyl (C=O) groups excluding carboxylic acids is 3. The van der Waals surface area contributed by atoms with Crippen LogP contribution in [-0.2, 0) is 14.3 Å². The van der Waals surface area contributed by atoms with Gasteiger partial charge >= 0.3 is 6.09 Å². The number of rotatable bonds is 8. The Kier molecular flexibility index (Phi) is 9.70. The maximum absolute atomic E-state index is 13.8. The third-order valence-corrected chi connectivity index (χ3v) is 5.62. The molecule has 2 aromatic carbocycles. The molecule has 36 heavy (non-hydrogen) atoms. The number of hydrogen-bond donors (Lipinski definition) is 2. The van der Waals surface area contributed by atoms with Crippen molar-refractivity contribution in [2.45, 2.75) is 66.2 Å². The second kappa shape index (κ2) is 12.1. The maximum atomic E-state index is 13.8. The summed E-state index contributed by atoms with van der Waals surface area (Å²) >= 11 is 6.37. The van der Waals surface area contributed by atoms with E-state index in [2.05, 4.69) is 17.2 Å². The van der Waals surface area contributed by atoms with E-state index in [0.29, 0.717) is 16.3 Å². The van der Waals surface area contributed by atoms with Gasteiger partial charge < -0.3 is 20.3 Å². The average Bonchev–Trinajstić information content (AvgIpc) is 2.73. The monoisotopic (exact) mass is 513 g/mol. The van der Waals surface area contributed by atoms with E-state index >= 15 is 0 Å². The molecule has 2 N–H and O–H groups in total. The number of nitrogens with one attached hydrogen (secondary N) is 2. The van der Waals surface area contributed by atoms with Crippen LogP contribution in [0.3, 0.4) is 0 Å². The van der Waals surface area contributed by atoms with Crippen LogP contribution in [0.15, 0.2) is 49.1 Å². The predicted molar refractivity (Wildman–Crippen MR) is 144 cm³/mol. The van der Waals surface area contributed by atoms with Crippen molar-refractivity contribution < 1.29 is 19.1 Å². The molecule has 8 heteroatoms. The van der Waals surface area contributed by atoms with Gasteiger partial charge in [0.05, 0.1) is 10.7 Å². The standard InChI is InChI=1S/C28H36ClN3O4/c1-9-13-32(26(34)20(5)30-27(35)36-28(6,7)8)24(21-15-17(2)14-18(3)16-21)25(33)31-23-19(4)11-10-12-22(23)29/h9-12,14-16,20,24H,1,13H2,2-8H3,(H,30,35)(H,31,33). The summed E-state index contributed by atoms with van der Waals surface area (Å²) in [5.74, 6) is -0.896.